The van der Waals surface area contributed by atoms with Gasteiger partial charge in [-0.25, -0.2) is 0 Å². The van der Waals surface area contributed by atoms with Crippen LogP contribution in [0, 0.1) is 0 Å². The molecule has 0 heterocycles. The Balaban J connectivity index is 3.67. The van der Waals surface area contributed by atoms with Crippen molar-refractivity contribution in [2.45, 2.75) is 33.7 Å². The van der Waals surface area contributed by atoms with Crippen molar-refractivity contribution in [3.8, 4) is 0 Å². The predicted molar refractivity (Wildman–Crippen MR) is 76.7 cm³/mol. The second-order valence-corrected chi connectivity index (χ2v) is 4.66. The molecule has 17 heavy (non-hydrogen) atoms. The fraction of sp³-hybridized carbons (Fsp3) is 1.00. The summed E-state index contributed by atoms with van der Waals surface area (Å²) in [6, 6.07) is 0.583. The van der Waals surface area contributed by atoms with E-state index in [9.17, 15) is 0 Å². The first-order valence-corrected chi connectivity index (χ1v) is 7.07. The first-order valence-electron chi connectivity index (χ1n) is 7.07. The number of likely N-dealkylation sites (N-methyl/N-ethyl adjacent to an activating group) is 2. The largest absolute Gasteiger partial charge is 0.316 e. The van der Waals surface area contributed by atoms with E-state index in [0.29, 0.717) is 6.04 Å². The lowest BCUT2D eigenvalue weighted by Crippen LogP contribution is -2.41. The van der Waals surface area contributed by atoms with Crippen LogP contribution in [0.15, 0.2) is 0 Å². The second-order valence-electron chi connectivity index (χ2n) is 4.66. The molecule has 0 unspecified atom stereocenters. The Morgan fingerprint density at radius 2 is 1.29 bits per heavy atom. The normalized spacial score (nSPS) is 11.6. The van der Waals surface area contributed by atoms with Gasteiger partial charge in [0.2, 0.25) is 0 Å². The van der Waals surface area contributed by atoms with Crippen LogP contribution < -0.4 is 16.0 Å². The second kappa shape index (κ2) is 12.3. The zero-order chi connectivity index (χ0) is 12.9. The SMILES string of the molecule is CCNCCN(CCNCC)CCNC(C)C. The lowest BCUT2D eigenvalue weighted by Gasteiger charge is -2.23. The molecule has 4 heteroatoms. The van der Waals surface area contributed by atoms with Crippen molar-refractivity contribution in [2.75, 3.05) is 52.4 Å². The molecule has 0 aliphatic heterocycles. The monoisotopic (exact) mass is 244 g/mol. The Bertz CT molecular complexity index is 140. The highest BCUT2D eigenvalue weighted by atomic mass is 15.2. The van der Waals surface area contributed by atoms with Crippen LogP contribution in [0.2, 0.25) is 0 Å². The van der Waals surface area contributed by atoms with E-state index in [2.05, 4.69) is 48.5 Å². The van der Waals surface area contributed by atoms with Crippen LogP contribution >= 0.6 is 0 Å². The van der Waals surface area contributed by atoms with Gasteiger partial charge in [0.15, 0.2) is 0 Å². The van der Waals surface area contributed by atoms with Gasteiger partial charge in [0.05, 0.1) is 0 Å². The Morgan fingerprint density at radius 1 is 0.824 bits per heavy atom. The van der Waals surface area contributed by atoms with Gasteiger partial charge in [0.25, 0.3) is 0 Å². The fourth-order valence-electron chi connectivity index (χ4n) is 1.67. The molecule has 0 saturated carbocycles. The molecule has 0 spiro atoms. The third kappa shape index (κ3) is 12.1. The molecule has 0 atom stereocenters. The molecule has 0 bridgehead atoms. The zero-order valence-corrected chi connectivity index (χ0v) is 12.2. The van der Waals surface area contributed by atoms with Crippen molar-refractivity contribution in [1.29, 1.82) is 0 Å². The summed E-state index contributed by atoms with van der Waals surface area (Å²) in [6.45, 7) is 17.5. The van der Waals surface area contributed by atoms with E-state index in [1.807, 2.05) is 0 Å². The van der Waals surface area contributed by atoms with Crippen molar-refractivity contribution in [3.05, 3.63) is 0 Å². The highest BCUT2D eigenvalue weighted by molar-refractivity contribution is 4.64. The molecule has 0 aromatic carbocycles. The highest BCUT2D eigenvalue weighted by Gasteiger charge is 2.03. The fourth-order valence-corrected chi connectivity index (χ4v) is 1.67. The summed E-state index contributed by atoms with van der Waals surface area (Å²) in [7, 11) is 0. The molecule has 3 N–H and O–H groups in total. The third-order valence-electron chi connectivity index (χ3n) is 2.69. The van der Waals surface area contributed by atoms with E-state index in [1.165, 1.54) is 0 Å². The summed E-state index contributed by atoms with van der Waals surface area (Å²) in [5, 5.41) is 10.2. The van der Waals surface area contributed by atoms with Crippen molar-refractivity contribution < 1.29 is 0 Å². The lowest BCUT2D eigenvalue weighted by molar-refractivity contribution is 0.270. The predicted octanol–water partition coefficient (Wildman–Crippen LogP) is 0.505. The van der Waals surface area contributed by atoms with Gasteiger partial charge in [0, 0.05) is 45.3 Å². The molecule has 0 saturated heterocycles. The number of hydrogen-bond acceptors (Lipinski definition) is 4. The maximum Gasteiger partial charge on any atom is 0.0108 e. The van der Waals surface area contributed by atoms with Gasteiger partial charge in [-0.05, 0) is 13.1 Å². The number of nitrogens with one attached hydrogen (secondary N) is 3. The number of hydrogen-bond donors (Lipinski definition) is 3. The van der Waals surface area contributed by atoms with Gasteiger partial charge in [-0.15, -0.1) is 0 Å². The van der Waals surface area contributed by atoms with Crippen LogP contribution in [0.5, 0.6) is 0 Å². The summed E-state index contributed by atoms with van der Waals surface area (Å²) in [4.78, 5) is 2.51. The van der Waals surface area contributed by atoms with Crippen LogP contribution in [-0.4, -0.2) is 63.3 Å². The summed E-state index contributed by atoms with van der Waals surface area (Å²) in [6.07, 6.45) is 0. The van der Waals surface area contributed by atoms with E-state index in [-0.39, 0.29) is 0 Å². The van der Waals surface area contributed by atoms with E-state index < -0.39 is 0 Å². The minimum atomic E-state index is 0.583. The Kier molecular flexibility index (Phi) is 12.2. The van der Waals surface area contributed by atoms with Crippen LogP contribution in [0.4, 0.5) is 0 Å². The van der Waals surface area contributed by atoms with Crippen molar-refractivity contribution >= 4 is 0 Å². The van der Waals surface area contributed by atoms with E-state index in [1.54, 1.807) is 0 Å². The molecule has 104 valence electrons. The Morgan fingerprint density at radius 3 is 1.71 bits per heavy atom. The van der Waals surface area contributed by atoms with Gasteiger partial charge in [-0.1, -0.05) is 27.7 Å². The zero-order valence-electron chi connectivity index (χ0n) is 12.2. The van der Waals surface area contributed by atoms with Crippen molar-refractivity contribution in [2.24, 2.45) is 0 Å². The standard InChI is InChI=1S/C13H32N4/c1-5-14-7-10-17(11-8-15-6-2)12-9-16-13(3)4/h13-16H,5-12H2,1-4H3. The highest BCUT2D eigenvalue weighted by Crippen LogP contribution is 1.87. The quantitative estimate of drug-likeness (QED) is 0.437. The van der Waals surface area contributed by atoms with Crippen LogP contribution in [0.25, 0.3) is 0 Å². The minimum absolute atomic E-state index is 0.583. The Labute approximate surface area is 108 Å². The molecule has 0 aromatic rings. The topological polar surface area (TPSA) is 39.3 Å². The molecule has 0 fully saturated rings. The summed E-state index contributed by atoms with van der Waals surface area (Å²) in [5.74, 6) is 0. The van der Waals surface area contributed by atoms with Gasteiger partial charge >= 0.3 is 0 Å². The van der Waals surface area contributed by atoms with Gasteiger partial charge < -0.3 is 16.0 Å². The van der Waals surface area contributed by atoms with Gasteiger partial charge in [0.1, 0.15) is 0 Å². The number of rotatable bonds is 12. The molecule has 0 radical (unpaired) electrons. The molecule has 0 aliphatic rings. The molecule has 0 rings (SSSR count). The van der Waals surface area contributed by atoms with Gasteiger partial charge in [-0.2, -0.15) is 0 Å². The van der Waals surface area contributed by atoms with Crippen LogP contribution in [0.3, 0.4) is 0 Å². The van der Waals surface area contributed by atoms with E-state index >= 15 is 0 Å². The lowest BCUT2D eigenvalue weighted by atomic mass is 10.3. The maximum absolute atomic E-state index is 3.47. The summed E-state index contributed by atoms with van der Waals surface area (Å²) < 4.78 is 0. The first-order chi connectivity index (χ1) is 8.20. The maximum atomic E-state index is 3.47. The number of nitrogens with zero attached hydrogens (tertiary/aromatic N) is 1. The summed E-state index contributed by atoms with van der Waals surface area (Å²) >= 11 is 0. The summed E-state index contributed by atoms with van der Waals surface area (Å²) in [5.41, 5.74) is 0. The molecule has 0 aliphatic carbocycles. The van der Waals surface area contributed by atoms with Crippen LogP contribution in [-0.2, 0) is 0 Å². The minimum Gasteiger partial charge on any atom is -0.316 e. The molecule has 0 aromatic heterocycles. The van der Waals surface area contributed by atoms with Crippen molar-refractivity contribution in [1.82, 2.24) is 20.9 Å². The van der Waals surface area contributed by atoms with E-state index in [4.69, 9.17) is 0 Å². The average molecular weight is 244 g/mol. The average Bonchev–Trinajstić information content (AvgIpc) is 2.28. The van der Waals surface area contributed by atoms with Crippen molar-refractivity contribution in [3.63, 3.8) is 0 Å². The molecule has 0 amide bonds. The van der Waals surface area contributed by atoms with Gasteiger partial charge in [-0.3, -0.25) is 4.90 Å². The van der Waals surface area contributed by atoms with Crippen LogP contribution in [0.1, 0.15) is 27.7 Å². The molecular formula is C13H32N4. The van der Waals surface area contributed by atoms with E-state index in [0.717, 1.165) is 52.4 Å². The molecule has 4 nitrogen and oxygen atoms in total. The Hall–Kier alpha value is -0.160. The molecular weight excluding hydrogens is 212 g/mol. The first kappa shape index (κ1) is 16.8. The third-order valence-corrected chi connectivity index (χ3v) is 2.69. The smallest absolute Gasteiger partial charge is 0.0108 e.